The van der Waals surface area contributed by atoms with Gasteiger partial charge in [-0.3, -0.25) is 0 Å². The van der Waals surface area contributed by atoms with Gasteiger partial charge in [0.25, 0.3) is 0 Å². The molecule has 2 heterocycles. The van der Waals surface area contributed by atoms with Crippen molar-refractivity contribution in [2.24, 2.45) is 0 Å². The average Bonchev–Trinajstić information content (AvgIpc) is 3.14. The van der Waals surface area contributed by atoms with Crippen LogP contribution in [0.3, 0.4) is 0 Å². The number of hydrogen-bond donors (Lipinski definition) is 0. The zero-order chi connectivity index (χ0) is 30.9. The van der Waals surface area contributed by atoms with Crippen molar-refractivity contribution in [3.05, 3.63) is 157 Å². The molecule has 5 nitrogen and oxygen atoms in total. The molecule has 0 amide bonds. The lowest BCUT2D eigenvalue weighted by Gasteiger charge is -2.13. The summed E-state index contributed by atoms with van der Waals surface area (Å²) in [6.07, 6.45) is 0. The molecule has 0 saturated heterocycles. The highest BCUT2D eigenvalue weighted by Gasteiger charge is 2.17. The van der Waals surface area contributed by atoms with Crippen LogP contribution in [0.15, 0.2) is 152 Å². The molecule has 0 saturated carbocycles. The smallest absolute Gasteiger partial charge is 0.0998 e. The van der Waals surface area contributed by atoms with E-state index in [1.54, 1.807) is 0 Å². The molecule has 0 bridgehead atoms. The van der Waals surface area contributed by atoms with Gasteiger partial charge in [0.15, 0.2) is 0 Å². The number of hydrogen-bond acceptors (Lipinski definition) is 5. The van der Waals surface area contributed by atoms with E-state index in [1.165, 1.54) is 0 Å². The summed E-state index contributed by atoms with van der Waals surface area (Å²) in [7, 11) is 0. The Morgan fingerprint density at radius 2 is 0.739 bits per heavy atom. The lowest BCUT2D eigenvalue weighted by atomic mass is 9.99. The Bertz CT molecular complexity index is 2420. The fourth-order valence-corrected chi connectivity index (χ4v) is 5.83. The Morgan fingerprint density at radius 1 is 0.348 bits per heavy atom. The molecule has 5 heteroatoms. The molecular weight excluding hydrogens is 562 g/mol. The van der Waals surface area contributed by atoms with Gasteiger partial charge in [-0.1, -0.05) is 121 Å². The maximum absolute atomic E-state index is 9.90. The lowest BCUT2D eigenvalue weighted by molar-refractivity contribution is 1.28. The number of aromatic nitrogens is 4. The van der Waals surface area contributed by atoms with E-state index in [2.05, 4.69) is 54.6 Å². The molecule has 0 aliphatic heterocycles. The first-order chi connectivity index (χ1) is 22.7. The van der Waals surface area contributed by atoms with Crippen LogP contribution < -0.4 is 0 Å². The number of rotatable bonds is 5. The molecule has 214 valence electrons. The molecule has 0 unspecified atom stereocenters. The largest absolute Gasteiger partial charge is 0.244 e. The van der Waals surface area contributed by atoms with Gasteiger partial charge in [0, 0.05) is 22.3 Å². The van der Waals surface area contributed by atoms with Gasteiger partial charge in [-0.05, 0) is 41.5 Å². The molecule has 6 aromatic carbocycles. The van der Waals surface area contributed by atoms with Crippen molar-refractivity contribution in [3.8, 4) is 62.2 Å². The zero-order valence-corrected chi connectivity index (χ0v) is 24.7. The monoisotopic (exact) mass is 587 g/mol. The molecule has 0 radical (unpaired) electrons. The van der Waals surface area contributed by atoms with E-state index >= 15 is 0 Å². The molecule has 0 N–H and O–H groups in total. The summed E-state index contributed by atoms with van der Waals surface area (Å²) in [5.41, 5.74) is 12.6. The number of benzene rings is 6. The second kappa shape index (κ2) is 11.5. The van der Waals surface area contributed by atoms with Gasteiger partial charge in [0.2, 0.25) is 0 Å². The summed E-state index contributed by atoms with van der Waals surface area (Å²) in [6.45, 7) is 0. The van der Waals surface area contributed by atoms with E-state index in [0.29, 0.717) is 11.3 Å². The van der Waals surface area contributed by atoms with Crippen LogP contribution in [-0.4, -0.2) is 19.9 Å². The second-order valence-electron chi connectivity index (χ2n) is 11.0. The third kappa shape index (κ3) is 4.94. The summed E-state index contributed by atoms with van der Waals surface area (Å²) in [6, 6.07) is 52.6. The molecular formula is C41H25N5. The first-order valence-electron chi connectivity index (χ1n) is 15.0. The average molecular weight is 588 g/mol. The van der Waals surface area contributed by atoms with Gasteiger partial charge in [-0.25, -0.2) is 19.9 Å². The number of fused-ring (bicyclic) bond motifs is 2. The molecule has 46 heavy (non-hydrogen) atoms. The predicted octanol–water partition coefficient (Wildman–Crippen LogP) is 9.78. The van der Waals surface area contributed by atoms with E-state index in [4.69, 9.17) is 19.9 Å². The van der Waals surface area contributed by atoms with Crippen molar-refractivity contribution in [2.75, 3.05) is 0 Å². The molecule has 0 spiro atoms. The van der Waals surface area contributed by atoms with Gasteiger partial charge in [0.05, 0.1) is 56.5 Å². The van der Waals surface area contributed by atoms with Crippen molar-refractivity contribution in [1.29, 1.82) is 5.26 Å². The van der Waals surface area contributed by atoms with Gasteiger partial charge >= 0.3 is 0 Å². The number of nitriles is 1. The number of nitrogens with zero attached hydrogens (tertiary/aromatic N) is 5. The van der Waals surface area contributed by atoms with E-state index in [-0.39, 0.29) is 0 Å². The fourth-order valence-electron chi connectivity index (χ4n) is 5.83. The summed E-state index contributed by atoms with van der Waals surface area (Å²) in [5, 5.41) is 9.90. The fraction of sp³-hybridized carbons (Fsp3) is 0. The molecule has 8 aromatic rings. The second-order valence-corrected chi connectivity index (χ2v) is 11.0. The van der Waals surface area contributed by atoms with Gasteiger partial charge in [-0.15, -0.1) is 0 Å². The van der Waals surface area contributed by atoms with Crippen LogP contribution >= 0.6 is 0 Å². The van der Waals surface area contributed by atoms with Crippen LogP contribution in [0.5, 0.6) is 0 Å². The van der Waals surface area contributed by atoms with E-state index in [9.17, 15) is 5.26 Å². The van der Waals surface area contributed by atoms with Crippen molar-refractivity contribution in [2.45, 2.75) is 0 Å². The van der Waals surface area contributed by atoms with Crippen LogP contribution in [0.4, 0.5) is 0 Å². The van der Waals surface area contributed by atoms with E-state index in [0.717, 1.165) is 72.5 Å². The Labute approximate surface area is 266 Å². The quantitative estimate of drug-likeness (QED) is 0.200. The minimum absolute atomic E-state index is 0.557. The van der Waals surface area contributed by atoms with Crippen LogP contribution in [0, 0.1) is 11.3 Å². The Morgan fingerprint density at radius 3 is 1.22 bits per heavy atom. The highest BCUT2D eigenvalue weighted by molar-refractivity contribution is 5.92. The van der Waals surface area contributed by atoms with Crippen LogP contribution in [0.25, 0.3) is 78.2 Å². The minimum atomic E-state index is 0.557. The van der Waals surface area contributed by atoms with Crippen LogP contribution in [0.2, 0.25) is 0 Å². The Hall–Kier alpha value is -6.51. The lowest BCUT2D eigenvalue weighted by Crippen LogP contribution is -1.98. The van der Waals surface area contributed by atoms with Gasteiger partial charge < -0.3 is 0 Å². The molecule has 2 aromatic heterocycles. The highest BCUT2D eigenvalue weighted by Crippen LogP contribution is 2.35. The summed E-state index contributed by atoms with van der Waals surface area (Å²) in [5.74, 6) is 0. The summed E-state index contributed by atoms with van der Waals surface area (Å²) < 4.78 is 0. The topological polar surface area (TPSA) is 75.3 Å². The summed E-state index contributed by atoms with van der Waals surface area (Å²) >= 11 is 0. The van der Waals surface area contributed by atoms with E-state index < -0.39 is 0 Å². The van der Waals surface area contributed by atoms with Crippen molar-refractivity contribution in [3.63, 3.8) is 0 Å². The third-order valence-electron chi connectivity index (χ3n) is 8.11. The van der Waals surface area contributed by atoms with Crippen LogP contribution in [-0.2, 0) is 0 Å². The Kier molecular flexibility index (Phi) is 6.79. The first-order valence-corrected chi connectivity index (χ1v) is 15.0. The predicted molar refractivity (Wildman–Crippen MR) is 185 cm³/mol. The first kappa shape index (κ1) is 27.1. The van der Waals surface area contributed by atoms with Crippen molar-refractivity contribution < 1.29 is 0 Å². The van der Waals surface area contributed by atoms with Crippen molar-refractivity contribution in [1.82, 2.24) is 19.9 Å². The van der Waals surface area contributed by atoms with Gasteiger partial charge in [0.1, 0.15) is 0 Å². The molecule has 0 aliphatic rings. The Balaban J connectivity index is 1.28. The molecule has 0 aliphatic carbocycles. The maximum atomic E-state index is 9.90. The SMILES string of the molecule is N#Cc1ccccc1-c1nc2cc(-c3ccc4nc(-c5ccccc5)c(-c5ccccc5)nc4c3)ccc2nc1-c1ccccc1. The van der Waals surface area contributed by atoms with E-state index in [1.807, 2.05) is 103 Å². The maximum Gasteiger partial charge on any atom is 0.0998 e. The molecule has 0 atom stereocenters. The zero-order valence-electron chi connectivity index (χ0n) is 24.7. The molecule has 8 rings (SSSR count). The van der Waals surface area contributed by atoms with Crippen LogP contribution in [0.1, 0.15) is 5.56 Å². The minimum Gasteiger partial charge on any atom is -0.244 e. The van der Waals surface area contributed by atoms with Crippen molar-refractivity contribution >= 4 is 22.1 Å². The molecule has 0 fully saturated rings. The highest BCUT2D eigenvalue weighted by atomic mass is 14.8. The third-order valence-corrected chi connectivity index (χ3v) is 8.11. The standard InChI is InChI=1S/C41H25N5/c42-26-32-18-10-11-19-33(32)41-40(29-16-8-3-9-17-29)44-35-23-21-31(25-37(35)46-41)30-20-22-34-36(24-30)45-39(28-14-6-2-7-15-28)38(43-34)27-12-4-1-5-13-27/h1-25H. The summed E-state index contributed by atoms with van der Waals surface area (Å²) in [4.78, 5) is 20.5. The van der Waals surface area contributed by atoms with Gasteiger partial charge in [-0.2, -0.15) is 5.26 Å². The normalized spacial score (nSPS) is 11.0.